The van der Waals surface area contributed by atoms with E-state index in [9.17, 15) is 0 Å². The molecule has 0 unspecified atom stereocenters. The van der Waals surface area contributed by atoms with E-state index in [-0.39, 0.29) is 0 Å². The van der Waals surface area contributed by atoms with Gasteiger partial charge in [0, 0.05) is 35.4 Å². The number of aryl methyl sites for hydroxylation is 1. The van der Waals surface area contributed by atoms with Gasteiger partial charge in [-0.25, -0.2) is 4.98 Å². The van der Waals surface area contributed by atoms with E-state index in [0.717, 1.165) is 53.5 Å². The molecule has 1 saturated heterocycles. The van der Waals surface area contributed by atoms with Crippen LogP contribution in [0.15, 0.2) is 42.9 Å². The summed E-state index contributed by atoms with van der Waals surface area (Å²) in [4.78, 5) is 9.44. The average molecular weight is 363 g/mol. The molecule has 3 heterocycles. The van der Waals surface area contributed by atoms with E-state index < -0.39 is 0 Å². The maximum atomic E-state index is 5.68. The van der Waals surface area contributed by atoms with E-state index in [1.807, 2.05) is 25.5 Å². The SMILES string of the molecule is COc1c(C)cnc(Cn2cnc(-c3ccccc3)c2[C@@H]2CCOC2)c1C. The van der Waals surface area contributed by atoms with Crippen molar-refractivity contribution in [3.8, 4) is 17.0 Å². The van der Waals surface area contributed by atoms with Crippen LogP contribution >= 0.6 is 0 Å². The number of hydrogen-bond donors (Lipinski definition) is 0. The van der Waals surface area contributed by atoms with Gasteiger partial charge in [-0.1, -0.05) is 30.3 Å². The van der Waals surface area contributed by atoms with E-state index in [0.29, 0.717) is 12.5 Å². The van der Waals surface area contributed by atoms with Crippen LogP contribution in [0.2, 0.25) is 0 Å². The number of benzene rings is 1. The van der Waals surface area contributed by atoms with Crippen molar-refractivity contribution in [2.24, 2.45) is 0 Å². The third kappa shape index (κ3) is 3.35. The number of hydrogen-bond acceptors (Lipinski definition) is 4. The molecule has 3 aromatic rings. The van der Waals surface area contributed by atoms with Crippen molar-refractivity contribution in [1.82, 2.24) is 14.5 Å². The molecule has 1 aliphatic rings. The molecule has 27 heavy (non-hydrogen) atoms. The van der Waals surface area contributed by atoms with Crippen molar-refractivity contribution >= 4 is 0 Å². The first-order chi connectivity index (χ1) is 13.2. The van der Waals surface area contributed by atoms with Gasteiger partial charge in [-0.3, -0.25) is 4.98 Å². The number of aromatic nitrogens is 3. The van der Waals surface area contributed by atoms with Crippen LogP contribution < -0.4 is 4.74 Å². The minimum Gasteiger partial charge on any atom is -0.496 e. The number of pyridine rings is 1. The largest absolute Gasteiger partial charge is 0.496 e. The standard InChI is InChI=1S/C22H25N3O2/c1-15-11-23-19(16(2)22(15)26-3)12-25-14-24-20(17-7-5-4-6-8-17)21(25)18-9-10-27-13-18/h4-8,11,14,18H,9-10,12-13H2,1-3H3/t18-/m1/s1. The Morgan fingerprint density at radius 1 is 1.19 bits per heavy atom. The first-order valence-electron chi connectivity index (χ1n) is 9.36. The molecule has 0 N–H and O–H groups in total. The fourth-order valence-electron chi connectivity index (χ4n) is 3.91. The predicted molar refractivity (Wildman–Crippen MR) is 105 cm³/mol. The van der Waals surface area contributed by atoms with Gasteiger partial charge in [0.25, 0.3) is 0 Å². The topological polar surface area (TPSA) is 49.2 Å². The average Bonchev–Trinajstić information content (AvgIpc) is 3.35. The molecule has 5 heteroatoms. The first kappa shape index (κ1) is 17.7. The molecule has 2 aromatic heterocycles. The zero-order chi connectivity index (χ0) is 18.8. The monoisotopic (exact) mass is 363 g/mol. The minimum absolute atomic E-state index is 0.357. The molecule has 5 nitrogen and oxygen atoms in total. The second-order valence-corrected chi connectivity index (χ2v) is 7.08. The summed E-state index contributed by atoms with van der Waals surface area (Å²) in [5.74, 6) is 1.27. The molecule has 4 rings (SSSR count). The molecule has 0 aliphatic carbocycles. The van der Waals surface area contributed by atoms with Crippen LogP contribution in [-0.4, -0.2) is 34.9 Å². The fraction of sp³-hybridized carbons (Fsp3) is 0.364. The predicted octanol–water partition coefficient (Wildman–Crippen LogP) is 4.12. The molecule has 1 aliphatic heterocycles. The van der Waals surface area contributed by atoms with Gasteiger partial charge in [-0.15, -0.1) is 0 Å². The third-order valence-electron chi connectivity index (χ3n) is 5.31. The quantitative estimate of drug-likeness (QED) is 0.684. The lowest BCUT2D eigenvalue weighted by Crippen LogP contribution is -2.12. The Balaban J connectivity index is 1.76. The normalized spacial score (nSPS) is 16.6. The van der Waals surface area contributed by atoms with E-state index >= 15 is 0 Å². The number of methoxy groups -OCH3 is 1. The Labute approximate surface area is 160 Å². The summed E-state index contributed by atoms with van der Waals surface area (Å²) in [5, 5.41) is 0. The highest BCUT2D eigenvalue weighted by atomic mass is 16.5. The van der Waals surface area contributed by atoms with Gasteiger partial charge in [-0.2, -0.15) is 0 Å². The van der Waals surface area contributed by atoms with Crippen LogP contribution in [0.1, 0.15) is 34.9 Å². The molecule has 0 bridgehead atoms. The van der Waals surface area contributed by atoms with Crippen molar-refractivity contribution in [1.29, 1.82) is 0 Å². The van der Waals surface area contributed by atoms with Crippen LogP contribution in [0.4, 0.5) is 0 Å². The summed E-state index contributed by atoms with van der Waals surface area (Å²) < 4.78 is 13.5. The summed E-state index contributed by atoms with van der Waals surface area (Å²) in [5.41, 5.74) is 6.57. The molecule has 0 amide bonds. The lowest BCUT2D eigenvalue weighted by Gasteiger charge is -2.17. The van der Waals surface area contributed by atoms with Crippen LogP contribution in [0.3, 0.4) is 0 Å². The second-order valence-electron chi connectivity index (χ2n) is 7.08. The molecule has 0 radical (unpaired) electrons. The first-order valence-corrected chi connectivity index (χ1v) is 9.36. The van der Waals surface area contributed by atoms with Gasteiger partial charge < -0.3 is 14.0 Å². The number of ether oxygens (including phenoxy) is 2. The minimum atomic E-state index is 0.357. The molecular weight excluding hydrogens is 338 g/mol. The second kappa shape index (κ2) is 7.53. The highest BCUT2D eigenvalue weighted by Gasteiger charge is 2.26. The molecule has 1 fully saturated rings. The van der Waals surface area contributed by atoms with E-state index in [2.05, 4.69) is 40.7 Å². The summed E-state index contributed by atoms with van der Waals surface area (Å²) in [7, 11) is 1.71. The molecule has 1 atom stereocenters. The van der Waals surface area contributed by atoms with Crippen molar-refractivity contribution in [3.63, 3.8) is 0 Å². The van der Waals surface area contributed by atoms with Crippen molar-refractivity contribution in [3.05, 3.63) is 65.4 Å². The van der Waals surface area contributed by atoms with Gasteiger partial charge in [0.1, 0.15) is 5.75 Å². The zero-order valence-electron chi connectivity index (χ0n) is 16.1. The van der Waals surface area contributed by atoms with Gasteiger partial charge in [0.2, 0.25) is 0 Å². The Hall–Kier alpha value is -2.66. The fourth-order valence-corrected chi connectivity index (χ4v) is 3.91. The Morgan fingerprint density at radius 2 is 2.00 bits per heavy atom. The van der Waals surface area contributed by atoms with E-state index in [4.69, 9.17) is 14.5 Å². The van der Waals surface area contributed by atoms with Gasteiger partial charge in [0.15, 0.2) is 0 Å². The Morgan fingerprint density at radius 3 is 2.70 bits per heavy atom. The third-order valence-corrected chi connectivity index (χ3v) is 5.31. The number of imidazole rings is 1. The maximum Gasteiger partial charge on any atom is 0.128 e. The van der Waals surface area contributed by atoms with Crippen LogP contribution in [0.25, 0.3) is 11.3 Å². The number of rotatable bonds is 5. The zero-order valence-corrected chi connectivity index (χ0v) is 16.1. The van der Waals surface area contributed by atoms with Crippen molar-refractivity contribution < 1.29 is 9.47 Å². The van der Waals surface area contributed by atoms with Crippen LogP contribution in [-0.2, 0) is 11.3 Å². The van der Waals surface area contributed by atoms with Crippen molar-refractivity contribution in [2.45, 2.75) is 32.7 Å². The summed E-state index contributed by atoms with van der Waals surface area (Å²) in [6, 6.07) is 10.4. The molecule has 140 valence electrons. The molecule has 0 spiro atoms. The number of nitrogens with zero attached hydrogens (tertiary/aromatic N) is 3. The van der Waals surface area contributed by atoms with Gasteiger partial charge in [0.05, 0.1) is 43.7 Å². The smallest absolute Gasteiger partial charge is 0.128 e. The Kier molecular flexibility index (Phi) is 4.94. The lowest BCUT2D eigenvalue weighted by molar-refractivity contribution is 0.193. The highest BCUT2D eigenvalue weighted by molar-refractivity contribution is 5.62. The summed E-state index contributed by atoms with van der Waals surface area (Å²) >= 11 is 0. The molecule has 1 aromatic carbocycles. The summed E-state index contributed by atoms with van der Waals surface area (Å²) in [6.45, 7) is 6.32. The van der Waals surface area contributed by atoms with Crippen LogP contribution in [0, 0.1) is 13.8 Å². The van der Waals surface area contributed by atoms with Crippen molar-refractivity contribution in [2.75, 3.05) is 20.3 Å². The highest BCUT2D eigenvalue weighted by Crippen LogP contribution is 2.34. The van der Waals surface area contributed by atoms with Crippen LogP contribution in [0.5, 0.6) is 5.75 Å². The van der Waals surface area contributed by atoms with E-state index in [1.54, 1.807) is 7.11 Å². The molecule has 0 saturated carbocycles. The van der Waals surface area contributed by atoms with Gasteiger partial charge >= 0.3 is 0 Å². The molecular formula is C22H25N3O2. The van der Waals surface area contributed by atoms with E-state index in [1.165, 1.54) is 5.69 Å². The maximum absolute atomic E-state index is 5.68. The van der Waals surface area contributed by atoms with Gasteiger partial charge in [-0.05, 0) is 20.3 Å². The summed E-state index contributed by atoms with van der Waals surface area (Å²) in [6.07, 6.45) is 4.84. The lowest BCUT2D eigenvalue weighted by atomic mass is 9.99. The Bertz CT molecular complexity index is 928.